The highest BCUT2D eigenvalue weighted by Gasteiger charge is 2.16. The number of carbonyl (C=O) groups excluding carboxylic acids is 2. The number of nitrogens with one attached hydrogen (secondary N) is 1. The molecule has 3 rings (SSSR count). The predicted molar refractivity (Wildman–Crippen MR) is 127 cm³/mol. The van der Waals surface area contributed by atoms with Crippen LogP contribution in [0, 0.1) is 0 Å². The molecule has 0 aliphatic heterocycles. The van der Waals surface area contributed by atoms with Crippen LogP contribution < -0.4 is 19.6 Å². The number of ether oxygens (including phenoxy) is 3. The first-order valence-electron chi connectivity index (χ1n) is 9.82. The van der Waals surface area contributed by atoms with Crippen LogP contribution in [0.3, 0.4) is 0 Å². The maximum atomic E-state index is 12.5. The molecule has 1 amide bonds. The monoisotopic (exact) mass is 486 g/mol. The van der Waals surface area contributed by atoms with Crippen molar-refractivity contribution in [2.75, 3.05) is 13.7 Å². The Morgan fingerprint density at radius 2 is 1.85 bits per heavy atom. The van der Waals surface area contributed by atoms with Gasteiger partial charge in [0, 0.05) is 10.6 Å². The molecule has 1 N–H and O–H groups in total. The molecule has 3 aromatic carbocycles. The third kappa shape index (κ3) is 6.47. The van der Waals surface area contributed by atoms with Gasteiger partial charge in [-0.05, 0) is 67.1 Å². The van der Waals surface area contributed by atoms with Crippen molar-refractivity contribution in [1.29, 1.82) is 0 Å². The van der Waals surface area contributed by atoms with Crippen LogP contribution in [0.1, 0.15) is 33.2 Å². The van der Waals surface area contributed by atoms with E-state index in [-0.39, 0.29) is 22.2 Å². The summed E-state index contributed by atoms with van der Waals surface area (Å²) >= 11 is 12.0. The number of hydrogen-bond donors (Lipinski definition) is 1. The lowest BCUT2D eigenvalue weighted by Crippen LogP contribution is -2.17. The van der Waals surface area contributed by atoms with Crippen LogP contribution in [0.15, 0.2) is 65.8 Å². The Labute approximate surface area is 200 Å². The Morgan fingerprint density at radius 1 is 1.03 bits per heavy atom. The third-order valence-corrected chi connectivity index (χ3v) is 4.88. The fourth-order valence-electron chi connectivity index (χ4n) is 2.76. The van der Waals surface area contributed by atoms with Crippen LogP contribution in [-0.2, 0) is 0 Å². The Morgan fingerprint density at radius 3 is 2.58 bits per heavy atom. The number of nitrogens with zero attached hydrogens (tertiary/aromatic N) is 1. The molecule has 0 saturated heterocycles. The van der Waals surface area contributed by atoms with Gasteiger partial charge >= 0.3 is 5.97 Å². The van der Waals surface area contributed by atoms with Crippen molar-refractivity contribution in [3.63, 3.8) is 0 Å². The van der Waals surface area contributed by atoms with E-state index in [2.05, 4.69) is 10.5 Å². The van der Waals surface area contributed by atoms with Crippen molar-refractivity contribution in [2.24, 2.45) is 5.10 Å². The van der Waals surface area contributed by atoms with Crippen molar-refractivity contribution in [1.82, 2.24) is 5.43 Å². The Hall–Kier alpha value is -3.55. The number of hydrazone groups is 1. The second kappa shape index (κ2) is 11.4. The highest BCUT2D eigenvalue weighted by Crippen LogP contribution is 2.30. The van der Waals surface area contributed by atoms with Gasteiger partial charge in [0.15, 0.2) is 11.5 Å². The molecule has 3 aromatic rings. The van der Waals surface area contributed by atoms with Gasteiger partial charge < -0.3 is 14.2 Å². The zero-order chi connectivity index (χ0) is 23.8. The second-order valence-corrected chi connectivity index (χ2v) is 7.43. The molecule has 170 valence electrons. The van der Waals surface area contributed by atoms with Crippen molar-refractivity contribution in [2.45, 2.75) is 6.92 Å². The highest BCUT2D eigenvalue weighted by molar-refractivity contribution is 6.36. The lowest BCUT2D eigenvalue weighted by molar-refractivity contribution is 0.0728. The van der Waals surface area contributed by atoms with E-state index in [9.17, 15) is 9.59 Å². The van der Waals surface area contributed by atoms with Gasteiger partial charge in [-0.1, -0.05) is 29.3 Å². The fourth-order valence-corrected chi connectivity index (χ4v) is 3.25. The first kappa shape index (κ1) is 24.1. The maximum absolute atomic E-state index is 12.5. The summed E-state index contributed by atoms with van der Waals surface area (Å²) in [6.45, 7) is 2.15. The lowest BCUT2D eigenvalue weighted by atomic mass is 10.2. The van der Waals surface area contributed by atoms with E-state index in [0.29, 0.717) is 34.3 Å². The molecule has 33 heavy (non-hydrogen) atoms. The van der Waals surface area contributed by atoms with E-state index in [0.717, 1.165) is 0 Å². The number of carbonyl (C=O) groups is 2. The van der Waals surface area contributed by atoms with Gasteiger partial charge in [-0.3, -0.25) is 4.79 Å². The van der Waals surface area contributed by atoms with Gasteiger partial charge in [-0.2, -0.15) is 5.10 Å². The summed E-state index contributed by atoms with van der Waals surface area (Å²) in [5, 5.41) is 4.57. The van der Waals surface area contributed by atoms with Gasteiger partial charge in [0.1, 0.15) is 5.75 Å². The summed E-state index contributed by atoms with van der Waals surface area (Å²) in [4.78, 5) is 24.8. The van der Waals surface area contributed by atoms with E-state index in [1.807, 2.05) is 0 Å². The van der Waals surface area contributed by atoms with Gasteiger partial charge in [-0.25, -0.2) is 10.2 Å². The van der Waals surface area contributed by atoms with E-state index in [4.69, 9.17) is 37.4 Å². The molecule has 7 nitrogen and oxygen atoms in total. The van der Waals surface area contributed by atoms with Crippen LogP contribution >= 0.6 is 23.2 Å². The first-order valence-corrected chi connectivity index (χ1v) is 10.6. The molecule has 0 fully saturated rings. The molecule has 0 atom stereocenters. The molecule has 0 aliphatic carbocycles. The molecule has 0 radical (unpaired) electrons. The standard InChI is InChI=1S/C24H20Cl2N2O5/c1-3-32-22-11-15(14-27-28-23(29)16-5-4-6-18(12-16)31-2)7-10-21(22)33-24(30)19-9-8-17(25)13-20(19)26/h4-14H,3H2,1-2H3,(H,28,29)/b27-14-. The maximum Gasteiger partial charge on any atom is 0.345 e. The van der Waals surface area contributed by atoms with Gasteiger partial charge in [-0.15, -0.1) is 0 Å². The molecule has 0 heterocycles. The minimum Gasteiger partial charge on any atom is -0.497 e. The number of esters is 1. The average Bonchev–Trinajstić information content (AvgIpc) is 2.80. The Bertz CT molecular complexity index is 1200. The minimum absolute atomic E-state index is 0.175. The molecule has 0 unspecified atom stereocenters. The molecule has 0 bridgehead atoms. The predicted octanol–water partition coefficient (Wildman–Crippen LogP) is 5.38. The molecule has 0 aliphatic rings. The SMILES string of the molecule is CCOc1cc(/C=N\NC(=O)c2cccc(OC)c2)ccc1OC(=O)c1ccc(Cl)cc1Cl. The van der Waals surface area contributed by atoms with Crippen molar-refractivity contribution in [3.05, 3.63) is 87.4 Å². The summed E-state index contributed by atoms with van der Waals surface area (Å²) < 4.78 is 16.2. The third-order valence-electron chi connectivity index (χ3n) is 4.33. The molecule has 0 spiro atoms. The molecular weight excluding hydrogens is 467 g/mol. The molecular formula is C24H20Cl2N2O5. The van der Waals surface area contributed by atoms with Crippen LogP contribution in [0.25, 0.3) is 0 Å². The summed E-state index contributed by atoms with van der Waals surface area (Å²) in [5.74, 6) is 0.0765. The lowest BCUT2D eigenvalue weighted by Gasteiger charge is -2.12. The van der Waals surface area contributed by atoms with E-state index < -0.39 is 5.97 Å². The zero-order valence-corrected chi connectivity index (χ0v) is 19.3. The number of methoxy groups -OCH3 is 1. The summed E-state index contributed by atoms with van der Waals surface area (Å²) in [5.41, 5.74) is 3.65. The Balaban J connectivity index is 1.72. The zero-order valence-electron chi connectivity index (χ0n) is 17.8. The fraction of sp³-hybridized carbons (Fsp3) is 0.125. The smallest absolute Gasteiger partial charge is 0.345 e. The van der Waals surface area contributed by atoms with E-state index in [1.54, 1.807) is 55.5 Å². The quantitative estimate of drug-likeness (QED) is 0.200. The van der Waals surface area contributed by atoms with Crippen LogP contribution in [0.5, 0.6) is 17.2 Å². The van der Waals surface area contributed by atoms with Crippen LogP contribution in [0.4, 0.5) is 0 Å². The summed E-state index contributed by atoms with van der Waals surface area (Å²) in [7, 11) is 1.52. The van der Waals surface area contributed by atoms with Gasteiger partial charge in [0.2, 0.25) is 0 Å². The largest absolute Gasteiger partial charge is 0.497 e. The normalized spacial score (nSPS) is 10.7. The topological polar surface area (TPSA) is 86.2 Å². The second-order valence-electron chi connectivity index (χ2n) is 6.58. The number of rotatable bonds is 8. The average molecular weight is 487 g/mol. The number of benzene rings is 3. The first-order chi connectivity index (χ1) is 15.9. The van der Waals surface area contributed by atoms with Gasteiger partial charge in [0.05, 0.1) is 30.5 Å². The number of amides is 1. The number of halogens is 2. The molecule has 0 saturated carbocycles. The van der Waals surface area contributed by atoms with Crippen molar-refractivity contribution < 1.29 is 23.8 Å². The van der Waals surface area contributed by atoms with Crippen molar-refractivity contribution in [3.8, 4) is 17.2 Å². The molecule has 9 heteroatoms. The van der Waals surface area contributed by atoms with Crippen LogP contribution in [-0.4, -0.2) is 31.8 Å². The van der Waals surface area contributed by atoms with Gasteiger partial charge in [0.25, 0.3) is 5.91 Å². The Kier molecular flexibility index (Phi) is 8.29. The molecule has 0 aromatic heterocycles. The summed E-state index contributed by atoms with van der Waals surface area (Å²) in [6.07, 6.45) is 1.45. The minimum atomic E-state index is -0.649. The highest BCUT2D eigenvalue weighted by atomic mass is 35.5. The van der Waals surface area contributed by atoms with Crippen molar-refractivity contribution >= 4 is 41.3 Å². The van der Waals surface area contributed by atoms with Crippen LogP contribution in [0.2, 0.25) is 10.0 Å². The van der Waals surface area contributed by atoms with E-state index >= 15 is 0 Å². The summed E-state index contributed by atoms with van der Waals surface area (Å²) in [6, 6.07) is 16.1. The number of hydrogen-bond acceptors (Lipinski definition) is 6. The van der Waals surface area contributed by atoms with E-state index in [1.165, 1.54) is 25.5 Å².